The number of Topliss-reactive ketones (excluding diaryl/α,β-unsaturated/α-hetero) is 1. The number of imide groups is 1. The topological polar surface area (TPSA) is 54.5 Å². The summed E-state index contributed by atoms with van der Waals surface area (Å²) >= 11 is 0. The molecule has 0 radical (unpaired) electrons. The minimum Gasteiger partial charge on any atom is -0.295 e. The molecule has 0 aliphatic carbocycles. The van der Waals surface area contributed by atoms with Crippen molar-refractivity contribution in [2.75, 3.05) is 0 Å². The van der Waals surface area contributed by atoms with Crippen LogP contribution < -0.4 is 0 Å². The molecule has 1 heterocycles. The summed E-state index contributed by atoms with van der Waals surface area (Å²) in [7, 11) is 0. The number of rotatable bonds is 3. The monoisotopic (exact) mass is 279 g/mol. The second-order valence-corrected chi connectivity index (χ2v) is 5.00. The van der Waals surface area contributed by atoms with Gasteiger partial charge in [0, 0.05) is 5.56 Å². The molecule has 2 aromatic rings. The van der Waals surface area contributed by atoms with Crippen LogP contribution in [0.2, 0.25) is 0 Å². The molecule has 104 valence electrons. The van der Waals surface area contributed by atoms with Crippen LogP contribution >= 0.6 is 0 Å². The fraction of sp³-hybridized carbons (Fsp3) is 0.118. The molecule has 0 fully saturated rings. The molecule has 0 aromatic heterocycles. The van der Waals surface area contributed by atoms with Gasteiger partial charge in [0.15, 0.2) is 5.78 Å². The highest BCUT2D eigenvalue weighted by atomic mass is 16.2. The molecule has 4 nitrogen and oxygen atoms in total. The van der Waals surface area contributed by atoms with Crippen molar-refractivity contribution in [2.24, 2.45) is 0 Å². The molecule has 0 atom stereocenters. The Kier molecular flexibility index (Phi) is 3.14. The number of hydrogen-bond donors (Lipinski definition) is 0. The lowest BCUT2D eigenvalue weighted by atomic mass is 10.1. The van der Waals surface area contributed by atoms with Gasteiger partial charge < -0.3 is 0 Å². The average Bonchev–Trinajstić information content (AvgIpc) is 2.73. The Balaban J connectivity index is 1.90. The maximum absolute atomic E-state index is 12.3. The van der Waals surface area contributed by atoms with Gasteiger partial charge in [-0.15, -0.1) is 0 Å². The van der Waals surface area contributed by atoms with Gasteiger partial charge in [-0.05, 0) is 30.7 Å². The summed E-state index contributed by atoms with van der Waals surface area (Å²) in [6.07, 6.45) is 0. The molecule has 0 saturated carbocycles. The fourth-order valence-electron chi connectivity index (χ4n) is 2.45. The van der Waals surface area contributed by atoms with E-state index in [0.29, 0.717) is 16.7 Å². The molecule has 1 aliphatic rings. The zero-order chi connectivity index (χ0) is 15.0. The molecule has 0 N–H and O–H groups in total. The van der Waals surface area contributed by atoms with Crippen molar-refractivity contribution in [2.45, 2.75) is 13.5 Å². The van der Waals surface area contributed by atoms with E-state index in [1.807, 2.05) is 0 Å². The zero-order valence-electron chi connectivity index (χ0n) is 11.5. The number of carbonyl (C=O) groups excluding carboxylic acids is 3. The van der Waals surface area contributed by atoms with Crippen molar-refractivity contribution >= 4 is 17.6 Å². The van der Waals surface area contributed by atoms with Crippen LogP contribution in [0.1, 0.15) is 43.6 Å². The van der Waals surface area contributed by atoms with Gasteiger partial charge in [-0.3, -0.25) is 19.3 Å². The first-order valence-electron chi connectivity index (χ1n) is 6.63. The highest BCUT2D eigenvalue weighted by molar-refractivity contribution is 6.21. The van der Waals surface area contributed by atoms with Gasteiger partial charge in [0.05, 0.1) is 17.7 Å². The van der Waals surface area contributed by atoms with Crippen molar-refractivity contribution in [3.63, 3.8) is 0 Å². The predicted molar refractivity (Wildman–Crippen MR) is 77.1 cm³/mol. The van der Waals surface area contributed by atoms with Crippen LogP contribution in [0.15, 0.2) is 48.5 Å². The van der Waals surface area contributed by atoms with Crippen molar-refractivity contribution in [3.05, 3.63) is 70.8 Å². The molecule has 2 amide bonds. The second-order valence-electron chi connectivity index (χ2n) is 5.00. The van der Waals surface area contributed by atoms with Crippen molar-refractivity contribution < 1.29 is 14.4 Å². The summed E-state index contributed by atoms with van der Waals surface area (Å²) in [6.45, 7) is 1.66. The van der Waals surface area contributed by atoms with Crippen LogP contribution in [-0.2, 0) is 6.54 Å². The van der Waals surface area contributed by atoms with Crippen LogP contribution in [0.3, 0.4) is 0 Å². The number of fused-ring (bicyclic) bond motifs is 1. The summed E-state index contributed by atoms with van der Waals surface area (Å²) in [4.78, 5) is 37.1. The lowest BCUT2D eigenvalue weighted by Gasteiger charge is -2.14. The van der Waals surface area contributed by atoms with Gasteiger partial charge in [-0.25, -0.2) is 0 Å². The first-order valence-corrected chi connectivity index (χ1v) is 6.63. The fourth-order valence-corrected chi connectivity index (χ4v) is 2.45. The molecule has 2 aromatic carbocycles. The number of hydrogen-bond acceptors (Lipinski definition) is 3. The highest BCUT2D eigenvalue weighted by Gasteiger charge is 2.34. The zero-order valence-corrected chi connectivity index (χ0v) is 11.5. The third-order valence-electron chi connectivity index (χ3n) is 3.55. The van der Waals surface area contributed by atoms with Crippen LogP contribution in [0.4, 0.5) is 0 Å². The summed E-state index contributed by atoms with van der Waals surface area (Å²) in [5.74, 6) is -0.619. The minimum absolute atomic E-state index is 0.0424. The number of carbonyl (C=O) groups is 3. The van der Waals surface area contributed by atoms with Crippen LogP contribution in [-0.4, -0.2) is 22.5 Å². The number of amides is 2. The minimum atomic E-state index is -0.288. The van der Waals surface area contributed by atoms with Crippen molar-refractivity contribution in [3.8, 4) is 0 Å². The van der Waals surface area contributed by atoms with Gasteiger partial charge in [0.25, 0.3) is 11.8 Å². The van der Waals surface area contributed by atoms with Gasteiger partial charge in [-0.2, -0.15) is 0 Å². The molecule has 0 bridgehead atoms. The third kappa shape index (κ3) is 2.25. The molecule has 3 rings (SSSR count). The van der Waals surface area contributed by atoms with Crippen molar-refractivity contribution in [1.82, 2.24) is 4.90 Å². The Morgan fingerprint density at radius 3 is 2.14 bits per heavy atom. The summed E-state index contributed by atoms with van der Waals surface area (Å²) < 4.78 is 0. The smallest absolute Gasteiger partial charge is 0.261 e. The summed E-state index contributed by atoms with van der Waals surface area (Å²) in [6, 6.07) is 13.8. The maximum Gasteiger partial charge on any atom is 0.261 e. The molecule has 21 heavy (non-hydrogen) atoms. The Bertz CT molecular complexity index is 729. The Hall–Kier alpha value is -2.75. The Labute approximate surface area is 122 Å². The number of ketones is 1. The van der Waals surface area contributed by atoms with Crippen LogP contribution in [0.5, 0.6) is 0 Å². The van der Waals surface area contributed by atoms with Crippen LogP contribution in [0, 0.1) is 0 Å². The lowest BCUT2D eigenvalue weighted by molar-refractivity contribution is 0.0642. The van der Waals surface area contributed by atoms with E-state index in [4.69, 9.17) is 0 Å². The average molecular weight is 279 g/mol. The first kappa shape index (κ1) is 13.2. The van der Waals surface area contributed by atoms with E-state index in [-0.39, 0.29) is 24.1 Å². The predicted octanol–water partition coefficient (Wildman–Crippen LogP) is 2.69. The highest BCUT2D eigenvalue weighted by Crippen LogP contribution is 2.24. The van der Waals surface area contributed by atoms with Crippen LogP contribution in [0.25, 0.3) is 0 Å². The van der Waals surface area contributed by atoms with E-state index in [9.17, 15) is 14.4 Å². The number of benzene rings is 2. The quantitative estimate of drug-likeness (QED) is 0.641. The molecular weight excluding hydrogens is 266 g/mol. The van der Waals surface area contributed by atoms with Gasteiger partial charge >= 0.3 is 0 Å². The van der Waals surface area contributed by atoms with Gasteiger partial charge in [-0.1, -0.05) is 30.3 Å². The van der Waals surface area contributed by atoms with E-state index in [2.05, 4.69) is 0 Å². The third-order valence-corrected chi connectivity index (χ3v) is 3.55. The summed E-state index contributed by atoms with van der Waals surface area (Å²) in [5, 5.41) is 0. The van der Waals surface area contributed by atoms with E-state index < -0.39 is 0 Å². The van der Waals surface area contributed by atoms with E-state index in [1.165, 1.54) is 11.8 Å². The van der Waals surface area contributed by atoms with E-state index in [0.717, 1.165) is 5.56 Å². The standard InChI is InChI=1S/C17H13NO3/c1-11(19)13-6-4-5-12(9-13)10-18-16(20)14-7-2-3-8-15(14)17(18)21/h2-9H,10H2,1H3. The van der Waals surface area contributed by atoms with Crippen molar-refractivity contribution in [1.29, 1.82) is 0 Å². The first-order chi connectivity index (χ1) is 10.1. The van der Waals surface area contributed by atoms with E-state index in [1.54, 1.807) is 48.5 Å². The largest absolute Gasteiger partial charge is 0.295 e. The molecular formula is C17H13NO3. The van der Waals surface area contributed by atoms with E-state index >= 15 is 0 Å². The SMILES string of the molecule is CC(=O)c1cccc(CN2C(=O)c3ccccc3C2=O)c1. The second kappa shape index (κ2) is 4.98. The maximum atomic E-state index is 12.3. The normalized spacial score (nSPS) is 13.5. The molecule has 0 spiro atoms. The Morgan fingerprint density at radius 1 is 0.952 bits per heavy atom. The molecule has 0 saturated heterocycles. The van der Waals surface area contributed by atoms with Gasteiger partial charge in [0.2, 0.25) is 0 Å². The molecule has 4 heteroatoms. The Morgan fingerprint density at radius 2 is 1.57 bits per heavy atom. The molecule has 1 aliphatic heterocycles. The van der Waals surface area contributed by atoms with Gasteiger partial charge in [0.1, 0.15) is 0 Å². The lowest BCUT2D eigenvalue weighted by Crippen LogP contribution is -2.29. The molecule has 0 unspecified atom stereocenters. The summed E-state index contributed by atoms with van der Waals surface area (Å²) in [5.41, 5.74) is 2.21. The number of nitrogens with zero attached hydrogens (tertiary/aromatic N) is 1.